The molecular formula is C13H19N3O2. The summed E-state index contributed by atoms with van der Waals surface area (Å²) in [6, 6.07) is 1.49. The Morgan fingerprint density at radius 3 is 3.00 bits per heavy atom. The topological polar surface area (TPSA) is 79.5 Å². The van der Waals surface area contributed by atoms with E-state index in [1.807, 2.05) is 0 Å². The van der Waals surface area contributed by atoms with Gasteiger partial charge in [-0.2, -0.15) is 0 Å². The molecule has 1 atom stereocenters. The van der Waals surface area contributed by atoms with Gasteiger partial charge in [0, 0.05) is 13.1 Å². The van der Waals surface area contributed by atoms with Crippen molar-refractivity contribution in [3.05, 3.63) is 17.8 Å². The average Bonchev–Trinajstić information content (AvgIpc) is 2.54. The molecule has 2 rings (SSSR count). The van der Waals surface area contributed by atoms with Gasteiger partial charge in [0.2, 0.25) is 0 Å². The summed E-state index contributed by atoms with van der Waals surface area (Å²) in [5.74, 6) is 0.268. The molecule has 1 aromatic rings. The van der Waals surface area contributed by atoms with Gasteiger partial charge in [-0.15, -0.1) is 0 Å². The fourth-order valence-electron chi connectivity index (χ4n) is 2.36. The maximum Gasteiger partial charge on any atom is 0.339 e. The van der Waals surface area contributed by atoms with E-state index in [4.69, 9.17) is 5.73 Å². The minimum absolute atomic E-state index is 0.199. The van der Waals surface area contributed by atoms with Crippen LogP contribution >= 0.6 is 0 Å². The lowest BCUT2D eigenvalue weighted by Gasteiger charge is -2.23. The van der Waals surface area contributed by atoms with E-state index in [0.717, 1.165) is 25.9 Å². The van der Waals surface area contributed by atoms with Crippen molar-refractivity contribution in [2.75, 3.05) is 23.7 Å². The Hall–Kier alpha value is -1.78. The molecule has 0 spiro atoms. The van der Waals surface area contributed by atoms with Gasteiger partial charge in [-0.3, -0.25) is 0 Å². The third-order valence-corrected chi connectivity index (χ3v) is 3.43. The number of nitrogens with zero attached hydrogens (tertiary/aromatic N) is 2. The van der Waals surface area contributed by atoms with E-state index in [1.165, 1.54) is 18.7 Å². The Morgan fingerprint density at radius 2 is 2.28 bits per heavy atom. The molecule has 2 heterocycles. The quantitative estimate of drug-likeness (QED) is 0.838. The van der Waals surface area contributed by atoms with Gasteiger partial charge in [0.15, 0.2) is 0 Å². The van der Waals surface area contributed by atoms with Gasteiger partial charge < -0.3 is 15.7 Å². The number of pyridine rings is 1. The van der Waals surface area contributed by atoms with Gasteiger partial charge in [-0.05, 0) is 31.2 Å². The van der Waals surface area contributed by atoms with Crippen LogP contribution in [0.2, 0.25) is 0 Å². The molecular weight excluding hydrogens is 230 g/mol. The average molecular weight is 249 g/mol. The van der Waals surface area contributed by atoms with Gasteiger partial charge in [0.25, 0.3) is 0 Å². The van der Waals surface area contributed by atoms with Crippen LogP contribution in [0.3, 0.4) is 0 Å². The monoisotopic (exact) mass is 249 g/mol. The number of hydrogen-bond donors (Lipinski definition) is 2. The lowest BCUT2D eigenvalue weighted by molar-refractivity contribution is 0.0697. The van der Waals surface area contributed by atoms with Crippen molar-refractivity contribution in [2.24, 2.45) is 5.92 Å². The van der Waals surface area contributed by atoms with E-state index in [0.29, 0.717) is 17.4 Å². The Labute approximate surface area is 107 Å². The fraction of sp³-hybridized carbons (Fsp3) is 0.538. The molecule has 18 heavy (non-hydrogen) atoms. The van der Waals surface area contributed by atoms with Crippen molar-refractivity contribution in [1.29, 1.82) is 0 Å². The minimum Gasteiger partial charge on any atom is -0.478 e. The van der Waals surface area contributed by atoms with Crippen LogP contribution in [0, 0.1) is 5.92 Å². The normalized spacial score (nSPS) is 20.5. The van der Waals surface area contributed by atoms with Gasteiger partial charge in [0.05, 0.1) is 11.9 Å². The van der Waals surface area contributed by atoms with Crippen molar-refractivity contribution >= 4 is 17.5 Å². The molecule has 1 saturated heterocycles. The van der Waals surface area contributed by atoms with E-state index < -0.39 is 5.97 Å². The Balaban J connectivity index is 2.29. The predicted molar refractivity (Wildman–Crippen MR) is 70.8 cm³/mol. The molecule has 98 valence electrons. The zero-order valence-corrected chi connectivity index (χ0v) is 10.6. The van der Waals surface area contributed by atoms with Crippen LogP contribution in [0.5, 0.6) is 0 Å². The van der Waals surface area contributed by atoms with Crippen LogP contribution in [0.1, 0.15) is 36.5 Å². The minimum atomic E-state index is -0.970. The largest absolute Gasteiger partial charge is 0.478 e. The molecule has 0 bridgehead atoms. The molecule has 5 heteroatoms. The first-order valence-corrected chi connectivity index (χ1v) is 6.31. The van der Waals surface area contributed by atoms with Crippen LogP contribution in [0.25, 0.3) is 0 Å². The van der Waals surface area contributed by atoms with E-state index in [2.05, 4.69) is 16.8 Å². The lowest BCUT2D eigenvalue weighted by Crippen LogP contribution is -2.27. The number of anilines is 2. The second-order valence-corrected chi connectivity index (χ2v) is 4.97. The highest BCUT2D eigenvalue weighted by atomic mass is 16.4. The summed E-state index contributed by atoms with van der Waals surface area (Å²) in [7, 11) is 0. The molecule has 1 aliphatic rings. The van der Waals surface area contributed by atoms with Gasteiger partial charge >= 0.3 is 5.97 Å². The van der Waals surface area contributed by atoms with E-state index in [9.17, 15) is 9.90 Å². The van der Waals surface area contributed by atoms with Crippen molar-refractivity contribution in [2.45, 2.75) is 26.2 Å². The predicted octanol–water partition coefficient (Wildman–Crippen LogP) is 1.99. The summed E-state index contributed by atoms with van der Waals surface area (Å²) >= 11 is 0. The molecule has 5 nitrogen and oxygen atoms in total. The van der Waals surface area contributed by atoms with Gasteiger partial charge in [0.1, 0.15) is 11.4 Å². The molecule has 0 radical (unpaired) electrons. The number of aromatic nitrogens is 1. The van der Waals surface area contributed by atoms with Crippen molar-refractivity contribution < 1.29 is 9.90 Å². The second kappa shape index (κ2) is 5.25. The van der Waals surface area contributed by atoms with E-state index in [-0.39, 0.29) is 5.56 Å². The van der Waals surface area contributed by atoms with Crippen molar-refractivity contribution in [1.82, 2.24) is 4.98 Å². The highest BCUT2D eigenvalue weighted by Crippen LogP contribution is 2.25. The zero-order valence-electron chi connectivity index (χ0n) is 10.6. The highest BCUT2D eigenvalue weighted by molar-refractivity contribution is 5.94. The summed E-state index contributed by atoms with van der Waals surface area (Å²) < 4.78 is 0. The highest BCUT2D eigenvalue weighted by Gasteiger charge is 2.20. The smallest absolute Gasteiger partial charge is 0.339 e. The molecule has 1 fully saturated rings. The van der Waals surface area contributed by atoms with Crippen molar-refractivity contribution in [3.63, 3.8) is 0 Å². The van der Waals surface area contributed by atoms with Crippen LogP contribution < -0.4 is 10.6 Å². The third-order valence-electron chi connectivity index (χ3n) is 3.43. The summed E-state index contributed by atoms with van der Waals surface area (Å²) in [5, 5.41) is 9.22. The van der Waals surface area contributed by atoms with E-state index in [1.54, 1.807) is 0 Å². The maximum atomic E-state index is 11.2. The Kier molecular flexibility index (Phi) is 3.69. The number of aromatic carboxylic acids is 1. The second-order valence-electron chi connectivity index (χ2n) is 4.97. The summed E-state index contributed by atoms with van der Waals surface area (Å²) in [4.78, 5) is 17.5. The standard InChI is InChI=1S/C13H19N3O2/c1-9-3-2-5-16(6-4-9)12-11(13(17)18)7-10(14)8-15-12/h7-9H,2-6,14H2,1H3,(H,17,18). The third kappa shape index (κ3) is 2.72. The number of rotatable bonds is 2. The molecule has 0 amide bonds. The van der Waals surface area contributed by atoms with Crippen LogP contribution in [0.4, 0.5) is 11.5 Å². The number of carboxylic acids is 1. The van der Waals surface area contributed by atoms with Crippen LogP contribution in [0.15, 0.2) is 12.3 Å². The van der Waals surface area contributed by atoms with Crippen molar-refractivity contribution in [3.8, 4) is 0 Å². The number of nitrogen functional groups attached to an aromatic ring is 1. The first-order valence-electron chi connectivity index (χ1n) is 6.31. The SMILES string of the molecule is CC1CCCN(c2ncc(N)cc2C(=O)O)CC1. The fourth-order valence-corrected chi connectivity index (χ4v) is 2.36. The first kappa shape index (κ1) is 12.7. The molecule has 0 aromatic carbocycles. The molecule has 1 aromatic heterocycles. The van der Waals surface area contributed by atoms with Gasteiger partial charge in [-0.1, -0.05) is 6.92 Å². The van der Waals surface area contributed by atoms with E-state index >= 15 is 0 Å². The first-order chi connectivity index (χ1) is 8.58. The molecule has 0 saturated carbocycles. The number of carbonyl (C=O) groups is 1. The number of hydrogen-bond acceptors (Lipinski definition) is 4. The van der Waals surface area contributed by atoms with Crippen LogP contribution in [-0.2, 0) is 0 Å². The zero-order chi connectivity index (χ0) is 13.1. The summed E-state index contributed by atoms with van der Waals surface area (Å²) in [5.41, 5.74) is 6.19. The Morgan fingerprint density at radius 1 is 1.50 bits per heavy atom. The lowest BCUT2D eigenvalue weighted by atomic mass is 10.0. The molecule has 3 N–H and O–H groups in total. The maximum absolute atomic E-state index is 11.2. The summed E-state index contributed by atoms with van der Waals surface area (Å²) in [6.45, 7) is 3.96. The summed E-state index contributed by atoms with van der Waals surface area (Å²) in [6.07, 6.45) is 4.86. The molecule has 1 unspecified atom stereocenters. The molecule has 1 aliphatic heterocycles. The Bertz CT molecular complexity index is 448. The molecule has 0 aliphatic carbocycles. The van der Waals surface area contributed by atoms with Crippen LogP contribution in [-0.4, -0.2) is 29.1 Å². The number of nitrogens with two attached hydrogens (primary N) is 1. The van der Waals surface area contributed by atoms with Gasteiger partial charge in [-0.25, -0.2) is 9.78 Å². The number of carboxylic acid groups (broad SMARTS) is 1.